The van der Waals surface area contributed by atoms with Crippen molar-refractivity contribution in [2.75, 3.05) is 12.3 Å². The Bertz CT molecular complexity index is 436. The van der Waals surface area contributed by atoms with Gasteiger partial charge in [0.25, 0.3) is 5.91 Å². The first-order valence-electron chi connectivity index (χ1n) is 5.88. The van der Waals surface area contributed by atoms with Crippen molar-refractivity contribution >= 4 is 39.6 Å². The summed E-state index contributed by atoms with van der Waals surface area (Å²) in [6.45, 7) is 3.90. The number of ether oxygens (including phenoxy) is 1. The smallest absolute Gasteiger partial charge is 0.317 e. The molecule has 6 heteroatoms. The Kier molecular flexibility index (Phi) is 6.94. The van der Waals surface area contributed by atoms with Gasteiger partial charge in [-0.25, -0.2) is 0 Å². The number of halogens is 1. The zero-order valence-electron chi connectivity index (χ0n) is 10.8. The van der Waals surface area contributed by atoms with E-state index in [9.17, 15) is 9.59 Å². The first-order chi connectivity index (χ1) is 9.02. The largest absolute Gasteiger partial charge is 0.452 e. The van der Waals surface area contributed by atoms with Crippen molar-refractivity contribution in [3.05, 3.63) is 28.7 Å². The summed E-state index contributed by atoms with van der Waals surface area (Å²) >= 11 is 4.72. The van der Waals surface area contributed by atoms with E-state index in [2.05, 4.69) is 21.2 Å². The lowest BCUT2D eigenvalue weighted by atomic mass is 10.4. The molecule has 0 radical (unpaired) electrons. The van der Waals surface area contributed by atoms with Crippen molar-refractivity contribution in [2.45, 2.75) is 24.8 Å². The number of amides is 1. The van der Waals surface area contributed by atoms with Crippen LogP contribution in [0.15, 0.2) is 33.6 Å². The molecule has 1 aromatic carbocycles. The average molecular weight is 346 g/mol. The van der Waals surface area contributed by atoms with Crippen molar-refractivity contribution in [3.63, 3.8) is 0 Å². The first kappa shape index (κ1) is 16.0. The minimum Gasteiger partial charge on any atom is -0.452 e. The highest BCUT2D eigenvalue weighted by Crippen LogP contribution is 2.20. The SMILES string of the molecule is CCNC(=O)[C@H](C)OC(=O)CSc1ccc(Br)cc1. The predicted molar refractivity (Wildman–Crippen MR) is 79.1 cm³/mol. The van der Waals surface area contributed by atoms with Crippen molar-refractivity contribution in [2.24, 2.45) is 0 Å². The molecule has 4 nitrogen and oxygen atoms in total. The number of hydrogen-bond acceptors (Lipinski definition) is 4. The molecule has 0 aliphatic carbocycles. The van der Waals surface area contributed by atoms with Gasteiger partial charge in [0.15, 0.2) is 6.10 Å². The van der Waals surface area contributed by atoms with Gasteiger partial charge in [-0.05, 0) is 38.1 Å². The van der Waals surface area contributed by atoms with Crippen LogP contribution in [0.4, 0.5) is 0 Å². The topological polar surface area (TPSA) is 55.4 Å². The average Bonchev–Trinajstić information content (AvgIpc) is 2.38. The van der Waals surface area contributed by atoms with Crippen LogP contribution in [0.3, 0.4) is 0 Å². The Morgan fingerprint density at radius 1 is 1.37 bits per heavy atom. The lowest BCUT2D eigenvalue weighted by Gasteiger charge is -2.12. The third-order valence-electron chi connectivity index (χ3n) is 2.20. The van der Waals surface area contributed by atoms with Gasteiger partial charge >= 0.3 is 5.97 Å². The van der Waals surface area contributed by atoms with Gasteiger partial charge in [-0.3, -0.25) is 9.59 Å². The van der Waals surface area contributed by atoms with Crippen LogP contribution in [-0.2, 0) is 14.3 Å². The van der Waals surface area contributed by atoms with Crippen LogP contribution < -0.4 is 5.32 Å². The molecule has 1 N–H and O–H groups in total. The maximum atomic E-state index is 11.6. The van der Waals surface area contributed by atoms with Crippen LogP contribution in [0.25, 0.3) is 0 Å². The molecule has 1 amide bonds. The van der Waals surface area contributed by atoms with Gasteiger partial charge in [0.1, 0.15) is 0 Å². The van der Waals surface area contributed by atoms with Crippen LogP contribution >= 0.6 is 27.7 Å². The normalized spacial score (nSPS) is 11.7. The van der Waals surface area contributed by atoms with E-state index in [1.54, 1.807) is 6.92 Å². The third-order valence-corrected chi connectivity index (χ3v) is 3.71. The quantitative estimate of drug-likeness (QED) is 0.636. The van der Waals surface area contributed by atoms with Crippen LogP contribution in [0, 0.1) is 0 Å². The summed E-state index contributed by atoms with van der Waals surface area (Å²) in [5.41, 5.74) is 0. The van der Waals surface area contributed by atoms with Crippen LogP contribution in [0.2, 0.25) is 0 Å². The Morgan fingerprint density at radius 3 is 2.58 bits per heavy atom. The summed E-state index contributed by atoms with van der Waals surface area (Å²) in [6.07, 6.45) is -0.752. The molecule has 0 heterocycles. The summed E-state index contributed by atoms with van der Waals surface area (Å²) in [5.74, 6) is -0.484. The molecular weight excluding hydrogens is 330 g/mol. The van der Waals surface area contributed by atoms with Crippen LogP contribution in [-0.4, -0.2) is 30.3 Å². The molecule has 0 spiro atoms. The summed E-state index contributed by atoms with van der Waals surface area (Å²) < 4.78 is 6.02. The second kappa shape index (κ2) is 8.22. The van der Waals surface area contributed by atoms with E-state index in [-0.39, 0.29) is 11.7 Å². The van der Waals surface area contributed by atoms with Crippen molar-refractivity contribution < 1.29 is 14.3 Å². The molecule has 0 unspecified atom stereocenters. The van der Waals surface area contributed by atoms with Gasteiger partial charge in [0.2, 0.25) is 0 Å². The number of nitrogens with one attached hydrogen (secondary N) is 1. The van der Waals surface area contributed by atoms with E-state index in [0.29, 0.717) is 6.54 Å². The molecule has 0 saturated carbocycles. The van der Waals surface area contributed by atoms with E-state index in [1.165, 1.54) is 11.8 Å². The van der Waals surface area contributed by atoms with Crippen molar-refractivity contribution in [3.8, 4) is 0 Å². The van der Waals surface area contributed by atoms with Gasteiger partial charge < -0.3 is 10.1 Å². The number of esters is 1. The zero-order valence-corrected chi connectivity index (χ0v) is 13.2. The van der Waals surface area contributed by atoms with Crippen LogP contribution in [0.5, 0.6) is 0 Å². The molecule has 0 fully saturated rings. The number of likely N-dealkylation sites (N-methyl/N-ethyl adjacent to an activating group) is 1. The van der Waals surface area contributed by atoms with E-state index in [1.807, 2.05) is 31.2 Å². The number of hydrogen-bond donors (Lipinski definition) is 1. The number of carbonyl (C=O) groups is 2. The summed E-state index contributed by atoms with van der Waals surface area (Å²) in [6, 6.07) is 7.64. The lowest BCUT2D eigenvalue weighted by Crippen LogP contribution is -2.35. The van der Waals surface area contributed by atoms with Crippen LogP contribution in [0.1, 0.15) is 13.8 Å². The van der Waals surface area contributed by atoms with E-state index >= 15 is 0 Å². The first-order valence-corrected chi connectivity index (χ1v) is 7.66. The second-order valence-corrected chi connectivity index (χ2v) is 5.73. The molecule has 1 rings (SSSR count). The maximum Gasteiger partial charge on any atom is 0.317 e. The fraction of sp³-hybridized carbons (Fsp3) is 0.385. The molecular formula is C13H16BrNO3S. The highest BCUT2D eigenvalue weighted by Gasteiger charge is 2.16. The zero-order chi connectivity index (χ0) is 14.3. The van der Waals surface area contributed by atoms with Crippen molar-refractivity contribution in [1.82, 2.24) is 5.32 Å². The molecule has 0 aliphatic heterocycles. The van der Waals surface area contributed by atoms with Gasteiger partial charge in [-0.2, -0.15) is 0 Å². The fourth-order valence-corrected chi connectivity index (χ4v) is 2.22. The lowest BCUT2D eigenvalue weighted by molar-refractivity contribution is -0.152. The minimum absolute atomic E-state index is 0.186. The number of benzene rings is 1. The van der Waals surface area contributed by atoms with Gasteiger partial charge in [0.05, 0.1) is 5.75 Å². The van der Waals surface area contributed by atoms with Crippen molar-refractivity contribution in [1.29, 1.82) is 0 Å². The van der Waals surface area contributed by atoms with Gasteiger partial charge in [-0.1, -0.05) is 15.9 Å². The molecule has 0 aromatic heterocycles. The molecule has 104 valence electrons. The standard InChI is InChI=1S/C13H16BrNO3S/c1-3-15-13(17)9(2)18-12(16)8-19-11-6-4-10(14)5-7-11/h4-7,9H,3,8H2,1-2H3,(H,15,17)/t9-/m0/s1. The number of carbonyl (C=O) groups excluding carboxylic acids is 2. The Balaban J connectivity index is 2.35. The molecule has 0 saturated heterocycles. The monoisotopic (exact) mass is 345 g/mol. The number of rotatable bonds is 6. The molecule has 1 aromatic rings. The minimum atomic E-state index is -0.752. The maximum absolute atomic E-state index is 11.6. The summed E-state index contributed by atoms with van der Waals surface area (Å²) in [5, 5.41) is 2.60. The highest BCUT2D eigenvalue weighted by molar-refractivity contribution is 9.10. The van der Waals surface area contributed by atoms with E-state index in [4.69, 9.17) is 4.74 Å². The molecule has 19 heavy (non-hydrogen) atoms. The van der Waals surface area contributed by atoms with E-state index < -0.39 is 12.1 Å². The number of thioether (sulfide) groups is 1. The molecule has 0 bridgehead atoms. The predicted octanol–water partition coefficient (Wildman–Crippen LogP) is 2.61. The summed E-state index contributed by atoms with van der Waals surface area (Å²) in [4.78, 5) is 23.9. The van der Waals surface area contributed by atoms with Gasteiger partial charge in [-0.15, -0.1) is 11.8 Å². The Hall–Kier alpha value is -1.01. The van der Waals surface area contributed by atoms with E-state index in [0.717, 1.165) is 9.37 Å². The molecule has 0 aliphatic rings. The third kappa shape index (κ3) is 6.11. The summed E-state index contributed by atoms with van der Waals surface area (Å²) in [7, 11) is 0. The Labute approximate surface area is 125 Å². The fourth-order valence-electron chi connectivity index (χ4n) is 1.28. The second-order valence-electron chi connectivity index (χ2n) is 3.77. The Morgan fingerprint density at radius 2 is 2.00 bits per heavy atom. The molecule has 1 atom stereocenters. The van der Waals surface area contributed by atoms with Gasteiger partial charge in [0, 0.05) is 15.9 Å². The highest BCUT2D eigenvalue weighted by atomic mass is 79.9.